The number of hydrogen-bond donors (Lipinski definition) is 2. The van der Waals surface area contributed by atoms with E-state index in [1.165, 1.54) is 25.8 Å². The number of methoxy groups -OCH3 is 1. The van der Waals surface area contributed by atoms with Gasteiger partial charge in [-0.3, -0.25) is 4.99 Å². The Morgan fingerprint density at radius 3 is 2.93 bits per heavy atom. The number of nitrogens with one attached hydrogen (secondary N) is 2. The molecule has 2 atom stereocenters. The van der Waals surface area contributed by atoms with Crippen LogP contribution in [0.5, 0.6) is 0 Å². The molecule has 2 unspecified atom stereocenters. The molecule has 1 fully saturated rings. The highest BCUT2D eigenvalue weighted by Gasteiger charge is 2.22. The van der Waals surface area contributed by atoms with E-state index in [0.717, 1.165) is 69.1 Å². The Bertz CT molecular complexity index is 636. The van der Waals surface area contributed by atoms with Gasteiger partial charge in [-0.25, -0.2) is 9.67 Å². The van der Waals surface area contributed by atoms with Crippen LogP contribution in [-0.4, -0.2) is 71.0 Å². The second-order valence-corrected chi connectivity index (χ2v) is 7.93. The standard InChI is InChI=1S/C20H37N7O.HI/c1-4-21-20(22-11-7-13-26-12-6-5-8-16(26)2)23-17-9-10-19-24-18(15-28-3)25-27(19)14-17;/h16-17H,4-15H2,1-3H3,(H2,21,22,23);1H. The molecule has 2 aliphatic rings. The average Bonchev–Trinajstić information content (AvgIpc) is 3.08. The molecule has 8 nitrogen and oxygen atoms in total. The van der Waals surface area contributed by atoms with E-state index in [4.69, 9.17) is 9.73 Å². The predicted octanol–water partition coefficient (Wildman–Crippen LogP) is 2.18. The van der Waals surface area contributed by atoms with Gasteiger partial charge in [0.15, 0.2) is 11.8 Å². The topological polar surface area (TPSA) is 79.6 Å². The molecule has 0 amide bonds. The van der Waals surface area contributed by atoms with Crippen molar-refractivity contribution >= 4 is 29.9 Å². The molecule has 3 rings (SSSR count). The predicted molar refractivity (Wildman–Crippen MR) is 127 cm³/mol. The Balaban J connectivity index is 0.00000300. The van der Waals surface area contributed by atoms with E-state index in [9.17, 15) is 0 Å². The number of fused-ring (bicyclic) bond motifs is 1. The van der Waals surface area contributed by atoms with Crippen molar-refractivity contribution < 1.29 is 4.74 Å². The van der Waals surface area contributed by atoms with E-state index in [-0.39, 0.29) is 24.0 Å². The molecule has 0 aliphatic carbocycles. The lowest BCUT2D eigenvalue weighted by Crippen LogP contribution is -2.47. The summed E-state index contributed by atoms with van der Waals surface area (Å²) in [5.41, 5.74) is 0. The molecule has 166 valence electrons. The second kappa shape index (κ2) is 12.7. The first kappa shape index (κ1) is 24.3. The van der Waals surface area contributed by atoms with Gasteiger partial charge in [0, 0.05) is 45.2 Å². The first-order valence-electron chi connectivity index (χ1n) is 10.9. The van der Waals surface area contributed by atoms with Crippen LogP contribution in [-0.2, 0) is 24.3 Å². The monoisotopic (exact) mass is 519 g/mol. The van der Waals surface area contributed by atoms with Crippen molar-refractivity contribution in [2.45, 2.75) is 77.6 Å². The second-order valence-electron chi connectivity index (χ2n) is 7.93. The van der Waals surface area contributed by atoms with E-state index in [1.54, 1.807) is 7.11 Å². The van der Waals surface area contributed by atoms with Gasteiger partial charge < -0.3 is 20.3 Å². The molecule has 9 heteroatoms. The number of ether oxygens (including phenoxy) is 1. The third-order valence-corrected chi connectivity index (χ3v) is 5.67. The summed E-state index contributed by atoms with van der Waals surface area (Å²) in [5.74, 6) is 2.74. The summed E-state index contributed by atoms with van der Waals surface area (Å²) in [6.45, 7) is 9.88. The molecule has 0 aromatic carbocycles. The maximum atomic E-state index is 5.15. The fourth-order valence-corrected chi connectivity index (χ4v) is 4.14. The highest BCUT2D eigenvalue weighted by atomic mass is 127. The van der Waals surface area contributed by atoms with Crippen molar-refractivity contribution in [3.8, 4) is 0 Å². The fourth-order valence-electron chi connectivity index (χ4n) is 4.14. The summed E-state index contributed by atoms with van der Waals surface area (Å²) in [7, 11) is 1.68. The van der Waals surface area contributed by atoms with E-state index in [0.29, 0.717) is 12.6 Å². The van der Waals surface area contributed by atoms with Gasteiger partial charge in [0.2, 0.25) is 0 Å². The number of aliphatic imine (C=N–C) groups is 1. The Hall–Kier alpha value is -0.940. The van der Waals surface area contributed by atoms with Gasteiger partial charge in [-0.1, -0.05) is 6.42 Å². The minimum absolute atomic E-state index is 0. The van der Waals surface area contributed by atoms with E-state index < -0.39 is 0 Å². The molecule has 1 saturated heterocycles. The molecule has 0 radical (unpaired) electrons. The van der Waals surface area contributed by atoms with Crippen molar-refractivity contribution in [3.63, 3.8) is 0 Å². The first-order valence-corrected chi connectivity index (χ1v) is 10.9. The van der Waals surface area contributed by atoms with Crippen molar-refractivity contribution in [2.75, 3.05) is 33.3 Å². The van der Waals surface area contributed by atoms with E-state index in [2.05, 4.69) is 39.5 Å². The Morgan fingerprint density at radius 1 is 1.31 bits per heavy atom. The molecule has 2 N–H and O–H groups in total. The van der Waals surface area contributed by atoms with Crippen LogP contribution in [0.15, 0.2) is 4.99 Å². The molecule has 3 heterocycles. The number of nitrogens with zero attached hydrogens (tertiary/aromatic N) is 5. The lowest BCUT2D eigenvalue weighted by Gasteiger charge is -2.33. The average molecular weight is 519 g/mol. The maximum Gasteiger partial charge on any atom is 0.191 e. The molecule has 0 saturated carbocycles. The van der Waals surface area contributed by atoms with Crippen molar-refractivity contribution in [1.29, 1.82) is 0 Å². The number of aromatic nitrogens is 3. The molecule has 2 aliphatic heterocycles. The Morgan fingerprint density at radius 2 is 2.17 bits per heavy atom. The summed E-state index contributed by atoms with van der Waals surface area (Å²) in [4.78, 5) is 12.0. The van der Waals surface area contributed by atoms with Gasteiger partial charge in [0.05, 0.1) is 6.54 Å². The minimum atomic E-state index is 0. The van der Waals surface area contributed by atoms with Crippen LogP contribution in [0.2, 0.25) is 0 Å². The maximum absolute atomic E-state index is 5.15. The number of guanidine groups is 1. The van der Waals surface area contributed by atoms with Gasteiger partial charge in [-0.05, 0) is 46.1 Å². The summed E-state index contributed by atoms with van der Waals surface area (Å²) in [6.07, 6.45) is 7.15. The van der Waals surface area contributed by atoms with Gasteiger partial charge in [-0.2, -0.15) is 5.10 Å². The first-order chi connectivity index (χ1) is 13.7. The van der Waals surface area contributed by atoms with Gasteiger partial charge in [0.25, 0.3) is 0 Å². The quantitative estimate of drug-likeness (QED) is 0.237. The molecule has 0 spiro atoms. The van der Waals surface area contributed by atoms with E-state index in [1.807, 2.05) is 4.68 Å². The number of hydrogen-bond acceptors (Lipinski definition) is 5. The Labute approximate surface area is 192 Å². The highest BCUT2D eigenvalue weighted by Crippen LogP contribution is 2.16. The lowest BCUT2D eigenvalue weighted by atomic mass is 10.0. The van der Waals surface area contributed by atoms with Crippen LogP contribution in [0.25, 0.3) is 0 Å². The molecule has 0 bridgehead atoms. The summed E-state index contributed by atoms with van der Waals surface area (Å²) in [5, 5.41) is 11.5. The third-order valence-electron chi connectivity index (χ3n) is 5.67. The largest absolute Gasteiger partial charge is 0.377 e. The number of halogens is 1. The zero-order valence-corrected chi connectivity index (χ0v) is 20.5. The number of likely N-dealkylation sites (tertiary alicyclic amines) is 1. The van der Waals surface area contributed by atoms with E-state index >= 15 is 0 Å². The van der Waals surface area contributed by atoms with Crippen LogP contribution >= 0.6 is 24.0 Å². The molecular formula is C20H38IN7O. The zero-order valence-electron chi connectivity index (χ0n) is 18.2. The zero-order chi connectivity index (χ0) is 19.8. The fraction of sp³-hybridized carbons (Fsp3) is 0.850. The summed E-state index contributed by atoms with van der Waals surface area (Å²) < 4.78 is 7.16. The smallest absolute Gasteiger partial charge is 0.191 e. The number of aryl methyl sites for hydroxylation is 1. The van der Waals surface area contributed by atoms with Crippen LogP contribution in [0.1, 0.15) is 57.6 Å². The van der Waals surface area contributed by atoms with Crippen molar-refractivity contribution in [2.24, 2.45) is 4.99 Å². The third kappa shape index (κ3) is 7.36. The van der Waals surface area contributed by atoms with Gasteiger partial charge in [-0.15, -0.1) is 24.0 Å². The molecular weight excluding hydrogens is 481 g/mol. The SMILES string of the molecule is CCNC(=NCCCN1CCCCC1C)NC1CCc2nc(COC)nn2C1.I. The normalized spacial score (nSPS) is 22.7. The van der Waals surface area contributed by atoms with Crippen LogP contribution in [0, 0.1) is 0 Å². The van der Waals surface area contributed by atoms with Crippen LogP contribution < -0.4 is 10.6 Å². The molecule has 29 heavy (non-hydrogen) atoms. The van der Waals surface area contributed by atoms with Crippen LogP contribution in [0.4, 0.5) is 0 Å². The van der Waals surface area contributed by atoms with Gasteiger partial charge in [0.1, 0.15) is 12.4 Å². The summed E-state index contributed by atoms with van der Waals surface area (Å²) >= 11 is 0. The lowest BCUT2D eigenvalue weighted by molar-refractivity contribution is 0.160. The van der Waals surface area contributed by atoms with Crippen LogP contribution in [0.3, 0.4) is 0 Å². The molecule has 1 aromatic rings. The van der Waals surface area contributed by atoms with Crippen molar-refractivity contribution in [3.05, 3.63) is 11.6 Å². The number of piperidine rings is 1. The van der Waals surface area contributed by atoms with Gasteiger partial charge >= 0.3 is 0 Å². The number of rotatable bonds is 8. The van der Waals surface area contributed by atoms with Crippen molar-refractivity contribution in [1.82, 2.24) is 30.3 Å². The highest BCUT2D eigenvalue weighted by molar-refractivity contribution is 14.0. The Kier molecular flexibility index (Phi) is 10.6. The minimum Gasteiger partial charge on any atom is -0.377 e. The molecule has 1 aromatic heterocycles. The summed E-state index contributed by atoms with van der Waals surface area (Å²) in [6, 6.07) is 1.05.